The van der Waals surface area contributed by atoms with Crippen molar-refractivity contribution in [2.75, 3.05) is 13.2 Å². The quantitative estimate of drug-likeness (QED) is 0.577. The van der Waals surface area contributed by atoms with Crippen LogP contribution in [0.1, 0.15) is 12.5 Å². The van der Waals surface area contributed by atoms with Gasteiger partial charge in [0.25, 0.3) is 0 Å². The number of aldehydes is 1. The van der Waals surface area contributed by atoms with Crippen LogP contribution < -0.4 is 4.74 Å². The van der Waals surface area contributed by atoms with Crippen LogP contribution >= 0.6 is 11.6 Å². The fourth-order valence-corrected chi connectivity index (χ4v) is 1.48. The van der Waals surface area contributed by atoms with Crippen molar-refractivity contribution in [2.45, 2.75) is 13.3 Å². The standard InChI is InChI=1S/C12H13ClO4/c1-2-16-12(15)8-17-11-4-3-9(5-6-14)7-10(11)13/h3-4,6-7H,2,5,8H2,1H3. The second kappa shape index (κ2) is 6.91. The minimum atomic E-state index is -0.444. The number of esters is 1. The van der Waals surface area contributed by atoms with Crippen LogP contribution in [-0.4, -0.2) is 25.5 Å². The predicted octanol–water partition coefficient (Wildman–Crippen LogP) is 2.02. The molecule has 0 saturated carbocycles. The fourth-order valence-electron chi connectivity index (χ4n) is 1.22. The third-order valence-corrected chi connectivity index (χ3v) is 2.26. The SMILES string of the molecule is CCOC(=O)COc1ccc(CC=O)cc1Cl. The highest BCUT2D eigenvalue weighted by Crippen LogP contribution is 2.25. The zero-order chi connectivity index (χ0) is 12.7. The lowest BCUT2D eigenvalue weighted by atomic mass is 10.2. The van der Waals surface area contributed by atoms with Crippen molar-refractivity contribution in [3.8, 4) is 5.75 Å². The molecule has 0 fully saturated rings. The van der Waals surface area contributed by atoms with Gasteiger partial charge in [0.1, 0.15) is 12.0 Å². The molecule has 0 radical (unpaired) electrons. The zero-order valence-corrected chi connectivity index (χ0v) is 10.2. The van der Waals surface area contributed by atoms with Crippen LogP contribution in [0.2, 0.25) is 5.02 Å². The molecule has 0 aromatic heterocycles. The number of carbonyl (C=O) groups excluding carboxylic acids is 2. The summed E-state index contributed by atoms with van der Waals surface area (Å²) >= 11 is 5.93. The molecule has 0 amide bonds. The first-order valence-corrected chi connectivity index (χ1v) is 5.55. The molecule has 0 bridgehead atoms. The number of ether oxygens (including phenoxy) is 2. The Morgan fingerprint density at radius 3 is 2.82 bits per heavy atom. The van der Waals surface area contributed by atoms with E-state index in [-0.39, 0.29) is 6.61 Å². The van der Waals surface area contributed by atoms with Gasteiger partial charge in [-0.1, -0.05) is 17.7 Å². The van der Waals surface area contributed by atoms with E-state index in [9.17, 15) is 9.59 Å². The van der Waals surface area contributed by atoms with E-state index in [1.165, 1.54) is 0 Å². The Kier molecular flexibility index (Phi) is 5.49. The van der Waals surface area contributed by atoms with Crippen LogP contribution in [0.3, 0.4) is 0 Å². The molecule has 0 N–H and O–H groups in total. The monoisotopic (exact) mass is 256 g/mol. The van der Waals surface area contributed by atoms with Crippen LogP contribution in [0.4, 0.5) is 0 Å². The van der Waals surface area contributed by atoms with Crippen molar-refractivity contribution in [1.82, 2.24) is 0 Å². The van der Waals surface area contributed by atoms with E-state index in [0.29, 0.717) is 23.8 Å². The van der Waals surface area contributed by atoms with Gasteiger partial charge in [0.2, 0.25) is 0 Å². The van der Waals surface area contributed by atoms with Gasteiger partial charge in [0, 0.05) is 6.42 Å². The first-order chi connectivity index (χ1) is 8.17. The summed E-state index contributed by atoms with van der Waals surface area (Å²) in [6.45, 7) is 1.86. The average Bonchev–Trinajstić information content (AvgIpc) is 2.29. The molecule has 0 aliphatic carbocycles. The van der Waals surface area contributed by atoms with E-state index in [0.717, 1.165) is 11.8 Å². The van der Waals surface area contributed by atoms with Gasteiger partial charge in [0.15, 0.2) is 6.61 Å². The van der Waals surface area contributed by atoms with Crippen molar-refractivity contribution >= 4 is 23.9 Å². The smallest absolute Gasteiger partial charge is 0.344 e. The van der Waals surface area contributed by atoms with Crippen LogP contribution in [-0.2, 0) is 20.7 Å². The third-order valence-electron chi connectivity index (χ3n) is 1.97. The maximum absolute atomic E-state index is 11.1. The van der Waals surface area contributed by atoms with E-state index in [4.69, 9.17) is 21.1 Å². The maximum Gasteiger partial charge on any atom is 0.344 e. The topological polar surface area (TPSA) is 52.6 Å². The Morgan fingerprint density at radius 2 is 2.24 bits per heavy atom. The van der Waals surface area contributed by atoms with Crippen LogP contribution in [0.25, 0.3) is 0 Å². The second-order valence-electron chi connectivity index (χ2n) is 3.23. The van der Waals surface area contributed by atoms with Gasteiger partial charge in [-0.2, -0.15) is 0 Å². The first-order valence-electron chi connectivity index (χ1n) is 5.17. The lowest BCUT2D eigenvalue weighted by Gasteiger charge is -2.08. The van der Waals surface area contributed by atoms with E-state index in [2.05, 4.69) is 0 Å². The molecule has 1 aromatic rings. The number of hydrogen-bond acceptors (Lipinski definition) is 4. The summed E-state index contributed by atoms with van der Waals surface area (Å²) in [5.41, 5.74) is 0.800. The summed E-state index contributed by atoms with van der Waals surface area (Å²) in [6, 6.07) is 4.98. The van der Waals surface area contributed by atoms with Gasteiger partial charge >= 0.3 is 5.97 Å². The predicted molar refractivity (Wildman–Crippen MR) is 63.3 cm³/mol. The molecular formula is C12H13ClO4. The van der Waals surface area contributed by atoms with Crippen molar-refractivity contribution in [1.29, 1.82) is 0 Å². The van der Waals surface area contributed by atoms with Crippen LogP contribution in [0.5, 0.6) is 5.75 Å². The second-order valence-corrected chi connectivity index (χ2v) is 3.64. The van der Waals surface area contributed by atoms with Gasteiger partial charge < -0.3 is 14.3 Å². The molecule has 5 heteroatoms. The molecule has 4 nitrogen and oxygen atoms in total. The minimum absolute atomic E-state index is 0.180. The lowest BCUT2D eigenvalue weighted by Crippen LogP contribution is -2.14. The van der Waals surface area contributed by atoms with Gasteiger partial charge in [-0.15, -0.1) is 0 Å². The van der Waals surface area contributed by atoms with E-state index >= 15 is 0 Å². The van der Waals surface area contributed by atoms with Crippen molar-refractivity contribution in [2.24, 2.45) is 0 Å². The first kappa shape index (κ1) is 13.5. The molecular weight excluding hydrogens is 244 g/mol. The lowest BCUT2D eigenvalue weighted by molar-refractivity contribution is -0.145. The van der Waals surface area contributed by atoms with Gasteiger partial charge in [0.05, 0.1) is 11.6 Å². The summed E-state index contributed by atoms with van der Waals surface area (Å²) in [5, 5.41) is 0.369. The van der Waals surface area contributed by atoms with Crippen LogP contribution in [0, 0.1) is 0 Å². The van der Waals surface area contributed by atoms with E-state index in [1.54, 1.807) is 25.1 Å². The molecule has 1 aromatic carbocycles. The molecule has 17 heavy (non-hydrogen) atoms. The maximum atomic E-state index is 11.1. The molecule has 0 heterocycles. The van der Waals surface area contributed by atoms with E-state index in [1.807, 2.05) is 0 Å². The highest BCUT2D eigenvalue weighted by molar-refractivity contribution is 6.32. The van der Waals surface area contributed by atoms with Gasteiger partial charge in [-0.05, 0) is 24.6 Å². The molecule has 0 aliphatic heterocycles. The van der Waals surface area contributed by atoms with Crippen molar-refractivity contribution in [3.63, 3.8) is 0 Å². The summed E-state index contributed by atoms with van der Waals surface area (Å²) < 4.78 is 9.90. The fraction of sp³-hybridized carbons (Fsp3) is 0.333. The van der Waals surface area contributed by atoms with Gasteiger partial charge in [-0.3, -0.25) is 0 Å². The average molecular weight is 257 g/mol. The Hall–Kier alpha value is -1.55. The number of carbonyl (C=O) groups is 2. The number of benzene rings is 1. The third kappa shape index (κ3) is 4.44. The number of hydrogen-bond donors (Lipinski definition) is 0. The molecule has 92 valence electrons. The molecule has 0 saturated heterocycles. The zero-order valence-electron chi connectivity index (χ0n) is 9.44. The van der Waals surface area contributed by atoms with Crippen molar-refractivity contribution < 1.29 is 19.1 Å². The molecule has 1 rings (SSSR count). The van der Waals surface area contributed by atoms with Crippen molar-refractivity contribution in [3.05, 3.63) is 28.8 Å². The minimum Gasteiger partial charge on any atom is -0.480 e. The highest BCUT2D eigenvalue weighted by Gasteiger charge is 2.07. The molecule has 0 atom stereocenters. The molecule has 0 spiro atoms. The van der Waals surface area contributed by atoms with E-state index < -0.39 is 5.97 Å². The Balaban J connectivity index is 2.60. The number of rotatable bonds is 6. The Bertz CT molecular complexity index is 403. The molecule has 0 unspecified atom stereocenters. The highest BCUT2D eigenvalue weighted by atomic mass is 35.5. The largest absolute Gasteiger partial charge is 0.480 e. The Morgan fingerprint density at radius 1 is 1.47 bits per heavy atom. The summed E-state index contributed by atoms with van der Waals surface area (Å²) in [7, 11) is 0. The number of halogens is 1. The van der Waals surface area contributed by atoms with Gasteiger partial charge in [-0.25, -0.2) is 4.79 Å². The normalized spacial score (nSPS) is 9.76. The Labute approximate surface area is 104 Å². The molecule has 0 aliphatic rings. The summed E-state index contributed by atoms with van der Waals surface area (Å²) in [6.07, 6.45) is 1.10. The summed E-state index contributed by atoms with van der Waals surface area (Å²) in [4.78, 5) is 21.4. The van der Waals surface area contributed by atoms with Crippen LogP contribution in [0.15, 0.2) is 18.2 Å². The summed E-state index contributed by atoms with van der Waals surface area (Å²) in [5.74, 6) is -0.0464.